The van der Waals surface area contributed by atoms with Crippen molar-refractivity contribution >= 4 is 69.6 Å². The van der Waals surface area contributed by atoms with Gasteiger partial charge in [-0.15, -0.1) is 0 Å². The number of amides is 2. The van der Waals surface area contributed by atoms with E-state index in [9.17, 15) is 57.5 Å². The van der Waals surface area contributed by atoms with Gasteiger partial charge >= 0.3 is 0 Å². The van der Waals surface area contributed by atoms with Crippen molar-refractivity contribution in [3.05, 3.63) is 109 Å². The zero-order valence-electron chi connectivity index (χ0n) is 82.3. The van der Waals surface area contributed by atoms with E-state index in [1.54, 1.807) is 92.8 Å². The Morgan fingerprint density at radius 2 is 0.692 bits per heavy atom. The summed E-state index contributed by atoms with van der Waals surface area (Å²) in [5, 5.41) is 0. The summed E-state index contributed by atoms with van der Waals surface area (Å²) in [6, 6.07) is 0. The van der Waals surface area contributed by atoms with E-state index in [2.05, 4.69) is 75.4 Å². The van der Waals surface area contributed by atoms with Crippen LogP contribution in [0.5, 0.6) is 0 Å². The number of hydrogen-bond donors (Lipinski definition) is 0. The highest BCUT2D eigenvalue weighted by Crippen LogP contribution is 2.22. The van der Waals surface area contributed by atoms with E-state index in [0.717, 1.165) is 115 Å². The maximum Gasteiger partial charge on any atom is 0.236 e. The molecule has 0 aromatic heterocycles. The summed E-state index contributed by atoms with van der Waals surface area (Å²) < 4.78 is 0. The Hall–Kier alpha value is -6.98. The molecule has 120 heavy (non-hydrogen) atoms. The van der Waals surface area contributed by atoms with Gasteiger partial charge in [-0.1, -0.05) is 220 Å². The summed E-state index contributed by atoms with van der Waals surface area (Å²) >= 11 is 0. The van der Waals surface area contributed by atoms with Crippen molar-refractivity contribution < 1.29 is 57.5 Å². The minimum Gasteiger partial charge on any atom is -0.348 e. The third-order valence-corrected chi connectivity index (χ3v) is 18.6. The number of carbonyl (C=O) groups is 12. The van der Waals surface area contributed by atoms with E-state index >= 15 is 0 Å². The van der Waals surface area contributed by atoms with Gasteiger partial charge in [-0.25, -0.2) is 0 Å². The Bertz CT molecular complexity index is 2990. The monoisotopic (exact) mass is 1680 g/mol. The first-order valence-corrected chi connectivity index (χ1v) is 44.6. The number of nitrogens with zero attached hydrogens (tertiary/aromatic N) is 9. The van der Waals surface area contributed by atoms with Gasteiger partial charge in [-0.2, -0.15) is 0 Å². The predicted octanol–water partition coefficient (Wildman–Crippen LogP) is 16.2. The van der Waals surface area contributed by atoms with E-state index < -0.39 is 0 Å². The summed E-state index contributed by atoms with van der Waals surface area (Å²) in [5.74, 6) is 4.63. The summed E-state index contributed by atoms with van der Waals surface area (Å²) in [5.41, 5.74) is 1.05. The predicted molar refractivity (Wildman–Crippen MR) is 505 cm³/mol. The third kappa shape index (κ3) is 75.9. The number of piperidine rings is 1. The van der Waals surface area contributed by atoms with Crippen LogP contribution in [0.2, 0.25) is 0 Å². The Morgan fingerprint density at radius 1 is 0.400 bits per heavy atom. The number of Topliss-reactive ketones (excluding diaryl/α,β-unsaturated/α-hetero) is 2. The Balaban J connectivity index is -0.000000308. The first-order valence-electron chi connectivity index (χ1n) is 44.6. The Morgan fingerprint density at radius 3 is 0.925 bits per heavy atom. The van der Waals surface area contributed by atoms with Crippen molar-refractivity contribution in [2.24, 2.45) is 65.1 Å². The molecule has 2 heterocycles. The number of carbonyl (C=O) groups excluding carboxylic acids is 12. The van der Waals surface area contributed by atoms with Crippen LogP contribution in [-0.4, -0.2) is 281 Å². The summed E-state index contributed by atoms with van der Waals surface area (Å²) in [7, 11) is 15.3. The van der Waals surface area contributed by atoms with Gasteiger partial charge in [0.05, 0.1) is 19.6 Å². The second-order valence-corrected chi connectivity index (χ2v) is 35.0. The molecule has 1 aliphatic carbocycles. The van der Waals surface area contributed by atoms with Crippen LogP contribution in [0.4, 0.5) is 0 Å². The first-order chi connectivity index (χ1) is 55.9. The van der Waals surface area contributed by atoms with Gasteiger partial charge < -0.3 is 24.5 Å². The van der Waals surface area contributed by atoms with Gasteiger partial charge in [0.25, 0.3) is 0 Å². The SMILES string of the molecule is C/C=C/C(=O)C(C)C.CC(=O)CN(C)C/C=C/C(=O)C(C)C.CC(C)C(=O)/C=C/CN(C)CC(=O)N(C)C.CC(C)C(=O)C1=CCC1.CC1CN(C/C=C/C(=O)C(C)C)C1.CCC1CCCN(C(=O)CN(C)C/C=C/C(=O)C(C)C)C1.CCCN(C)C/C=C/C(=O)C(C)C.CCCN(C)C/C=C/C(=O)C(C)C.CCCN(C)C/C=C/C(=O)C(C)C. The topological polar surface area (TPSA) is 234 Å². The van der Waals surface area contributed by atoms with E-state index in [0.29, 0.717) is 51.0 Å². The normalized spacial score (nSPS) is 14.3. The zero-order chi connectivity index (χ0) is 93.8. The molecule has 1 unspecified atom stereocenters. The molecule has 0 aromatic rings. The van der Waals surface area contributed by atoms with Gasteiger partial charge in [-0.05, 0) is 187 Å². The van der Waals surface area contributed by atoms with Crippen LogP contribution in [0.15, 0.2) is 109 Å². The highest BCUT2D eigenvalue weighted by atomic mass is 16.2. The van der Waals surface area contributed by atoms with Crippen LogP contribution in [-0.2, 0) is 57.5 Å². The minimum atomic E-state index is 0.0324. The molecule has 3 aliphatic rings. The molecule has 0 saturated carbocycles. The molecule has 21 nitrogen and oxygen atoms in total. The van der Waals surface area contributed by atoms with Crippen LogP contribution < -0.4 is 0 Å². The van der Waals surface area contributed by atoms with E-state index in [1.807, 2.05) is 209 Å². The molecule has 2 saturated heterocycles. The average molecular weight is 1690 g/mol. The molecule has 2 amide bonds. The standard InChI is InChI=1S/C17H30N2O2.C12H22N2O2.C11H19NO2.C11H19NO.3C11H21NO.C8H12O.C7H12O/c1-5-15-8-6-11-19(12-15)17(21)13-18(4)10-7-9-16(20)14(2)3;1-10(2)11(15)7-6-8-14(5)9-12(16)13(3)4;1-9(2)11(14)6-5-7-12(4)8-10(3)13;1-9(2)11(13)5-4-6-12-7-10(3)8-12;3*1-5-8-12(4)9-6-7-11(13)10(2)3;1-6(2)8(9)7-4-3-5-7;1-4-5-7(8)6(2)3/h7,9,14-15H,5-6,8,10-13H2,1-4H3;6-7,10H,8-9H2,1-5H3;5-6,9H,7-8H2,1-4H3;4-5,9-10H,6-8H2,1-3H3;3*6-7,10H,5,8-9H2,1-4H3;4,6H,3,5H2,1-2H3;4-6H,1-3H3/b9-7+;7-6+;6-5+;5-4+;3*7-6+;;5-4+. The van der Waals surface area contributed by atoms with Crippen molar-refractivity contribution in [2.45, 2.75) is 224 Å². The lowest BCUT2D eigenvalue weighted by atomic mass is 9.90. The van der Waals surface area contributed by atoms with Crippen LogP contribution in [0.3, 0.4) is 0 Å². The van der Waals surface area contributed by atoms with Crippen molar-refractivity contribution in [3.63, 3.8) is 0 Å². The average Bonchev–Trinajstić information content (AvgIpc) is 0.947. The maximum absolute atomic E-state index is 12.3. The highest BCUT2D eigenvalue weighted by Gasteiger charge is 2.24. The minimum absolute atomic E-state index is 0.0324. The summed E-state index contributed by atoms with van der Waals surface area (Å²) in [4.78, 5) is 153. The van der Waals surface area contributed by atoms with Gasteiger partial charge in [-0.3, -0.25) is 77.1 Å². The molecule has 1 atom stereocenters. The van der Waals surface area contributed by atoms with Gasteiger partial charge in [0.15, 0.2) is 52.0 Å². The third-order valence-electron chi connectivity index (χ3n) is 18.6. The quantitative estimate of drug-likeness (QED) is 0.0515. The van der Waals surface area contributed by atoms with Gasteiger partial charge in [0.1, 0.15) is 5.78 Å². The molecular formula is C99H177N9O12. The van der Waals surface area contributed by atoms with Crippen molar-refractivity contribution in [1.82, 2.24) is 44.1 Å². The van der Waals surface area contributed by atoms with E-state index in [1.165, 1.54) is 19.5 Å². The summed E-state index contributed by atoms with van der Waals surface area (Å²) in [6.07, 6.45) is 39.3. The molecular weight excluding hydrogens is 1510 g/mol. The lowest BCUT2D eigenvalue weighted by Gasteiger charge is -2.36. The smallest absolute Gasteiger partial charge is 0.236 e. The van der Waals surface area contributed by atoms with E-state index in [-0.39, 0.29) is 117 Å². The lowest BCUT2D eigenvalue weighted by Crippen LogP contribution is -2.44. The molecule has 3 rings (SSSR count). The Kier molecular flexibility index (Phi) is 79.3. The van der Waals surface area contributed by atoms with Crippen LogP contribution in [0.25, 0.3) is 0 Å². The molecule has 0 N–H and O–H groups in total. The number of hydrogen-bond acceptors (Lipinski definition) is 19. The number of ketones is 10. The maximum atomic E-state index is 12.3. The molecule has 0 bridgehead atoms. The second kappa shape index (κ2) is 76.9. The first kappa shape index (κ1) is 124. The fourth-order valence-corrected chi connectivity index (χ4v) is 10.3. The van der Waals surface area contributed by atoms with E-state index in [4.69, 9.17) is 0 Å². The zero-order valence-corrected chi connectivity index (χ0v) is 82.3. The molecule has 21 heteroatoms. The van der Waals surface area contributed by atoms with Crippen LogP contribution >= 0.6 is 0 Å². The molecule has 0 radical (unpaired) electrons. The fraction of sp³-hybridized carbons (Fsp3) is 0.697. The number of allylic oxidation sites excluding steroid dienone is 11. The largest absolute Gasteiger partial charge is 0.348 e. The van der Waals surface area contributed by atoms with Crippen LogP contribution in [0, 0.1) is 65.1 Å². The lowest BCUT2D eigenvalue weighted by molar-refractivity contribution is -0.134. The second-order valence-electron chi connectivity index (χ2n) is 35.0. The summed E-state index contributed by atoms with van der Waals surface area (Å²) in [6.45, 7) is 62.7. The van der Waals surface area contributed by atoms with Crippen molar-refractivity contribution in [1.29, 1.82) is 0 Å². The molecule has 0 aromatic carbocycles. The molecule has 2 aliphatic heterocycles. The van der Waals surface area contributed by atoms with Gasteiger partial charge in [0.2, 0.25) is 11.8 Å². The van der Waals surface area contributed by atoms with Crippen molar-refractivity contribution in [3.8, 4) is 0 Å². The molecule has 0 spiro atoms. The van der Waals surface area contributed by atoms with Crippen LogP contribution in [0.1, 0.15) is 224 Å². The number of likely N-dealkylation sites (tertiary alicyclic amines) is 2. The molecule has 690 valence electrons. The number of likely N-dealkylation sites (N-methyl/N-ethyl adjacent to an activating group) is 7. The fourth-order valence-electron chi connectivity index (χ4n) is 10.3. The highest BCUT2D eigenvalue weighted by molar-refractivity contribution is 5.98. The Labute approximate surface area is 733 Å². The van der Waals surface area contributed by atoms with Gasteiger partial charge in [0, 0.05) is 139 Å². The number of rotatable bonds is 45. The van der Waals surface area contributed by atoms with Crippen molar-refractivity contribution in [2.75, 3.05) is 168 Å². The molecule has 2 fully saturated rings.